The number of carbonyl (C=O) groups excluding carboxylic acids is 1. The summed E-state index contributed by atoms with van der Waals surface area (Å²) in [5.41, 5.74) is -6.47. The van der Waals surface area contributed by atoms with Crippen LogP contribution in [-0.4, -0.2) is 29.7 Å². The smallest absolute Gasteiger partial charge is 0.373 e. The van der Waals surface area contributed by atoms with Crippen LogP contribution in [0.1, 0.15) is 17.3 Å². The summed E-state index contributed by atoms with van der Waals surface area (Å²) in [5, 5.41) is -0.135. The summed E-state index contributed by atoms with van der Waals surface area (Å²) in [4.78, 5) is 19.0. The van der Waals surface area contributed by atoms with Crippen molar-refractivity contribution in [3.8, 4) is 5.75 Å². The molecule has 118 valence electrons. The maximum atomic E-state index is 12.5. The van der Waals surface area contributed by atoms with Gasteiger partial charge in [-0.3, -0.25) is 9.78 Å². The van der Waals surface area contributed by atoms with Crippen LogP contribution in [0.5, 0.6) is 5.75 Å². The highest BCUT2D eigenvalue weighted by Crippen LogP contribution is 2.33. The van der Waals surface area contributed by atoms with E-state index in [2.05, 4.69) is 14.2 Å². The lowest BCUT2D eigenvalue weighted by atomic mass is 10.1. The molecule has 0 saturated carbocycles. The second-order valence-electron chi connectivity index (χ2n) is 4.04. The highest BCUT2D eigenvalue weighted by atomic mass is 35.5. The van der Waals surface area contributed by atoms with E-state index in [0.29, 0.717) is 0 Å². The maximum Gasteiger partial charge on any atom is 0.534 e. The number of pyridine rings is 2. The molecule has 0 amide bonds. The van der Waals surface area contributed by atoms with Gasteiger partial charge in [0, 0.05) is 6.20 Å². The number of nitrogens with zero attached hydrogens (tertiary/aromatic N) is 2. The third-order valence-electron chi connectivity index (χ3n) is 2.49. The van der Waals surface area contributed by atoms with Gasteiger partial charge >= 0.3 is 15.6 Å². The van der Waals surface area contributed by atoms with Gasteiger partial charge in [0.1, 0.15) is 10.7 Å². The number of carbonyl (C=O) groups is 1. The van der Waals surface area contributed by atoms with E-state index in [0.717, 1.165) is 13.1 Å². The number of hydrogen-bond acceptors (Lipinski definition) is 6. The summed E-state index contributed by atoms with van der Waals surface area (Å²) in [7, 11) is -5.97. The van der Waals surface area contributed by atoms with Crippen molar-refractivity contribution >= 4 is 38.5 Å². The fourth-order valence-electron chi connectivity index (χ4n) is 1.51. The lowest BCUT2D eigenvalue weighted by Crippen LogP contribution is -2.28. The summed E-state index contributed by atoms with van der Waals surface area (Å²) in [6.07, 6.45) is 0.904. The second-order valence-corrected chi connectivity index (χ2v) is 5.97. The summed E-state index contributed by atoms with van der Waals surface area (Å²) in [5.74, 6) is -1.61. The number of Topliss-reactive ketones (excluding diaryl/α,β-unsaturated/α-hetero) is 1. The summed E-state index contributed by atoms with van der Waals surface area (Å²) in [6, 6.07) is 2.59. The minimum Gasteiger partial charge on any atom is -0.373 e. The second kappa shape index (κ2) is 5.36. The van der Waals surface area contributed by atoms with Gasteiger partial charge in [0.25, 0.3) is 0 Å². The lowest BCUT2D eigenvalue weighted by molar-refractivity contribution is -0.0499. The van der Waals surface area contributed by atoms with Crippen LogP contribution < -0.4 is 4.18 Å². The molecule has 11 heteroatoms. The first-order chi connectivity index (χ1) is 10.0. The van der Waals surface area contributed by atoms with E-state index in [1.165, 1.54) is 12.1 Å². The molecule has 6 nitrogen and oxygen atoms in total. The Kier molecular flexibility index (Phi) is 4.00. The molecule has 0 unspecified atom stereocenters. The molecular formula is C11H6ClF3N2O4S. The first kappa shape index (κ1) is 16.4. The predicted octanol–water partition coefficient (Wildman–Crippen LogP) is 2.71. The Morgan fingerprint density at radius 3 is 2.50 bits per heavy atom. The molecule has 0 atom stereocenters. The van der Waals surface area contributed by atoms with E-state index >= 15 is 0 Å². The first-order valence-corrected chi connectivity index (χ1v) is 7.28. The van der Waals surface area contributed by atoms with Crippen LogP contribution in [-0.2, 0) is 10.1 Å². The maximum absolute atomic E-state index is 12.5. The SMILES string of the molecule is CC(=O)c1cnc2ccc(Cl)nc2c1OS(=O)(=O)C(F)(F)F. The first-order valence-electron chi connectivity index (χ1n) is 5.50. The van der Waals surface area contributed by atoms with Crippen LogP contribution in [0.3, 0.4) is 0 Å². The van der Waals surface area contributed by atoms with Gasteiger partial charge in [0.05, 0.1) is 11.1 Å². The molecule has 0 aromatic carbocycles. The average Bonchev–Trinajstić information content (AvgIpc) is 2.37. The Hall–Kier alpha value is -1.94. The van der Waals surface area contributed by atoms with Crippen LogP contribution in [0.25, 0.3) is 11.0 Å². The zero-order chi connectivity index (χ0) is 16.7. The monoisotopic (exact) mass is 354 g/mol. The van der Waals surface area contributed by atoms with E-state index in [1.54, 1.807) is 0 Å². The molecule has 0 aliphatic carbocycles. The number of halogens is 4. The third-order valence-corrected chi connectivity index (χ3v) is 3.65. The summed E-state index contributed by atoms with van der Waals surface area (Å²) < 4.78 is 63.9. The highest BCUT2D eigenvalue weighted by molar-refractivity contribution is 7.88. The summed E-state index contributed by atoms with van der Waals surface area (Å²) in [6.45, 7) is 1.01. The van der Waals surface area contributed by atoms with Crippen LogP contribution in [0.15, 0.2) is 18.3 Å². The fraction of sp³-hybridized carbons (Fsp3) is 0.182. The van der Waals surface area contributed by atoms with Crippen LogP contribution in [0, 0.1) is 0 Å². The molecule has 0 N–H and O–H groups in total. The van der Waals surface area contributed by atoms with Crippen molar-refractivity contribution in [1.82, 2.24) is 9.97 Å². The molecule has 2 rings (SSSR count). The Morgan fingerprint density at radius 1 is 1.32 bits per heavy atom. The van der Waals surface area contributed by atoms with Gasteiger partial charge in [0.15, 0.2) is 11.5 Å². The average molecular weight is 355 g/mol. The van der Waals surface area contributed by atoms with Crippen molar-refractivity contribution in [2.24, 2.45) is 0 Å². The Morgan fingerprint density at radius 2 is 1.95 bits per heavy atom. The fourth-order valence-corrected chi connectivity index (χ4v) is 2.14. The molecule has 22 heavy (non-hydrogen) atoms. The Bertz CT molecular complexity index is 868. The number of aromatic nitrogens is 2. The van der Waals surface area contributed by atoms with Gasteiger partial charge in [-0.25, -0.2) is 4.98 Å². The zero-order valence-corrected chi connectivity index (χ0v) is 12.3. The molecule has 0 bridgehead atoms. The lowest BCUT2D eigenvalue weighted by Gasteiger charge is -2.13. The zero-order valence-electron chi connectivity index (χ0n) is 10.7. The number of alkyl halides is 3. The molecular weight excluding hydrogens is 349 g/mol. The van der Waals surface area contributed by atoms with Gasteiger partial charge in [-0.05, 0) is 19.1 Å². The van der Waals surface area contributed by atoms with Crippen molar-refractivity contribution in [1.29, 1.82) is 0 Å². The largest absolute Gasteiger partial charge is 0.534 e. The molecule has 2 heterocycles. The molecule has 2 aromatic heterocycles. The minimum atomic E-state index is -5.97. The van der Waals surface area contributed by atoms with Crippen LogP contribution >= 0.6 is 11.6 Å². The Balaban J connectivity index is 2.76. The molecule has 0 saturated heterocycles. The Labute approximate surface area is 127 Å². The minimum absolute atomic E-state index is 0.0155. The number of rotatable bonds is 3. The molecule has 0 spiro atoms. The highest BCUT2D eigenvalue weighted by Gasteiger charge is 2.49. The van der Waals surface area contributed by atoms with E-state index in [9.17, 15) is 26.4 Å². The van der Waals surface area contributed by atoms with Crippen molar-refractivity contribution in [2.75, 3.05) is 0 Å². The normalized spacial score (nSPS) is 12.4. The van der Waals surface area contributed by atoms with Crippen molar-refractivity contribution in [3.63, 3.8) is 0 Å². The molecule has 2 aromatic rings. The van der Waals surface area contributed by atoms with E-state index in [1.807, 2.05) is 0 Å². The van der Waals surface area contributed by atoms with E-state index in [-0.39, 0.29) is 16.2 Å². The predicted molar refractivity (Wildman–Crippen MR) is 70.2 cm³/mol. The number of ketones is 1. The molecule has 0 aliphatic rings. The van der Waals surface area contributed by atoms with Crippen LogP contribution in [0.4, 0.5) is 13.2 Å². The quantitative estimate of drug-likeness (QED) is 0.364. The summed E-state index contributed by atoms with van der Waals surface area (Å²) >= 11 is 5.63. The van der Waals surface area contributed by atoms with E-state index < -0.39 is 32.7 Å². The van der Waals surface area contributed by atoms with Gasteiger partial charge in [-0.15, -0.1) is 0 Å². The number of hydrogen-bond donors (Lipinski definition) is 0. The van der Waals surface area contributed by atoms with Crippen molar-refractivity contribution < 1.29 is 30.6 Å². The molecule has 0 radical (unpaired) electrons. The van der Waals surface area contributed by atoms with Crippen molar-refractivity contribution in [3.05, 3.63) is 29.0 Å². The van der Waals surface area contributed by atoms with Gasteiger partial charge < -0.3 is 4.18 Å². The van der Waals surface area contributed by atoms with Gasteiger partial charge in [-0.2, -0.15) is 21.6 Å². The van der Waals surface area contributed by atoms with Crippen LogP contribution in [0.2, 0.25) is 5.15 Å². The number of fused-ring (bicyclic) bond motifs is 1. The topological polar surface area (TPSA) is 86.2 Å². The molecule has 0 aliphatic heterocycles. The van der Waals surface area contributed by atoms with Gasteiger partial charge in [-0.1, -0.05) is 11.6 Å². The van der Waals surface area contributed by atoms with Crippen molar-refractivity contribution in [2.45, 2.75) is 12.4 Å². The third kappa shape index (κ3) is 2.97. The van der Waals surface area contributed by atoms with E-state index in [4.69, 9.17) is 11.6 Å². The van der Waals surface area contributed by atoms with Gasteiger partial charge in [0.2, 0.25) is 0 Å². The standard InChI is InChI=1S/C11H6ClF3N2O4S/c1-5(18)6-4-16-7-2-3-8(12)17-9(7)10(6)21-22(19,20)11(13,14)15/h2-4H,1H3. The molecule has 0 fully saturated rings.